The van der Waals surface area contributed by atoms with Crippen LogP contribution in [0.5, 0.6) is 0 Å². The average Bonchev–Trinajstić information content (AvgIpc) is 2.55. The lowest BCUT2D eigenvalue weighted by Crippen LogP contribution is -2.29. The summed E-state index contributed by atoms with van der Waals surface area (Å²) in [5, 5.41) is 9.09. The predicted molar refractivity (Wildman–Crippen MR) is 66.4 cm³/mol. The Bertz CT molecular complexity index is 424. The van der Waals surface area contributed by atoms with Crippen LogP contribution in [0, 0.1) is 0 Å². The first-order valence-electron chi connectivity index (χ1n) is 6.10. The quantitative estimate of drug-likeness (QED) is 0.832. The van der Waals surface area contributed by atoms with Crippen LogP contribution in [-0.2, 0) is 6.54 Å². The summed E-state index contributed by atoms with van der Waals surface area (Å²) < 4.78 is 0. The minimum Gasteiger partial charge on any atom is -0.478 e. The summed E-state index contributed by atoms with van der Waals surface area (Å²) in [6.07, 6.45) is 3.88. The molecule has 0 aromatic carbocycles. The van der Waals surface area contributed by atoms with Crippen molar-refractivity contribution in [1.82, 2.24) is 19.8 Å². The van der Waals surface area contributed by atoms with Crippen LogP contribution >= 0.6 is 0 Å². The summed E-state index contributed by atoms with van der Waals surface area (Å²) in [5.41, 5.74) is 0.803. The number of aromatic carboxylic acids is 1. The number of hydrogen-bond acceptors (Lipinski definition) is 5. The smallest absolute Gasteiger partial charge is 0.339 e. The van der Waals surface area contributed by atoms with E-state index in [-0.39, 0.29) is 5.56 Å². The fourth-order valence-electron chi connectivity index (χ4n) is 2.13. The third-order valence-electron chi connectivity index (χ3n) is 3.21. The van der Waals surface area contributed by atoms with Crippen LogP contribution in [0.15, 0.2) is 12.5 Å². The van der Waals surface area contributed by atoms with Crippen molar-refractivity contribution < 1.29 is 9.90 Å². The predicted octanol–water partition coefficient (Wildman–Crippen LogP) is 0.312. The molecule has 0 bridgehead atoms. The van der Waals surface area contributed by atoms with Crippen molar-refractivity contribution in [2.45, 2.75) is 13.0 Å². The van der Waals surface area contributed by atoms with Crippen molar-refractivity contribution in [2.24, 2.45) is 0 Å². The molecule has 0 amide bonds. The van der Waals surface area contributed by atoms with E-state index in [2.05, 4.69) is 26.8 Å². The van der Waals surface area contributed by atoms with Crippen LogP contribution in [-0.4, -0.2) is 64.1 Å². The molecule has 0 atom stereocenters. The van der Waals surface area contributed by atoms with E-state index in [4.69, 9.17) is 5.11 Å². The molecule has 1 aliphatic rings. The lowest BCUT2D eigenvalue weighted by Gasteiger charge is -2.20. The van der Waals surface area contributed by atoms with Gasteiger partial charge in [0.15, 0.2) is 0 Å². The third-order valence-corrected chi connectivity index (χ3v) is 3.21. The van der Waals surface area contributed by atoms with Crippen molar-refractivity contribution in [3.63, 3.8) is 0 Å². The molecule has 1 aromatic rings. The van der Waals surface area contributed by atoms with Crippen LogP contribution in [0.1, 0.15) is 22.5 Å². The number of carboxylic acids is 1. The Hall–Kier alpha value is -1.53. The van der Waals surface area contributed by atoms with E-state index in [0.717, 1.165) is 32.6 Å². The highest BCUT2D eigenvalue weighted by Gasteiger charge is 2.17. The number of likely N-dealkylation sites (N-methyl/N-ethyl adjacent to an activating group) is 1. The second-order valence-electron chi connectivity index (χ2n) is 4.62. The molecule has 1 aromatic heterocycles. The lowest BCUT2D eigenvalue weighted by molar-refractivity contribution is 0.0693. The highest BCUT2D eigenvalue weighted by molar-refractivity contribution is 5.88. The van der Waals surface area contributed by atoms with Gasteiger partial charge in [0.2, 0.25) is 0 Å². The fraction of sp³-hybridized carbons (Fsp3) is 0.583. The van der Waals surface area contributed by atoms with Crippen LogP contribution in [0.2, 0.25) is 0 Å². The van der Waals surface area contributed by atoms with Crippen LogP contribution in [0.25, 0.3) is 0 Å². The summed E-state index contributed by atoms with van der Waals surface area (Å²) >= 11 is 0. The van der Waals surface area contributed by atoms with Gasteiger partial charge in [-0.15, -0.1) is 0 Å². The molecule has 6 nitrogen and oxygen atoms in total. The molecule has 1 aliphatic heterocycles. The zero-order chi connectivity index (χ0) is 13.0. The first kappa shape index (κ1) is 12.9. The largest absolute Gasteiger partial charge is 0.478 e. The van der Waals surface area contributed by atoms with E-state index in [1.54, 1.807) is 0 Å². The third kappa shape index (κ3) is 3.24. The van der Waals surface area contributed by atoms with Gasteiger partial charge in [-0.25, -0.2) is 14.8 Å². The SMILES string of the molecule is CN1CCCN(Cc2ncncc2C(=O)O)CC1. The van der Waals surface area contributed by atoms with Gasteiger partial charge in [-0.05, 0) is 26.6 Å². The van der Waals surface area contributed by atoms with E-state index in [1.807, 2.05) is 0 Å². The van der Waals surface area contributed by atoms with E-state index in [9.17, 15) is 4.79 Å². The summed E-state index contributed by atoms with van der Waals surface area (Å²) in [5.74, 6) is -0.961. The van der Waals surface area contributed by atoms with Gasteiger partial charge < -0.3 is 10.0 Å². The first-order chi connectivity index (χ1) is 8.66. The Kier molecular flexibility index (Phi) is 4.22. The molecule has 18 heavy (non-hydrogen) atoms. The second kappa shape index (κ2) is 5.88. The molecule has 0 aliphatic carbocycles. The lowest BCUT2D eigenvalue weighted by atomic mass is 10.2. The second-order valence-corrected chi connectivity index (χ2v) is 4.62. The average molecular weight is 250 g/mol. The van der Waals surface area contributed by atoms with E-state index in [1.165, 1.54) is 12.5 Å². The number of carbonyl (C=O) groups is 1. The summed E-state index contributed by atoms with van der Waals surface area (Å²) in [7, 11) is 2.11. The van der Waals surface area contributed by atoms with Crippen molar-refractivity contribution in [2.75, 3.05) is 33.2 Å². The minimum absolute atomic E-state index is 0.204. The standard InChI is InChI=1S/C12H18N4O2/c1-15-3-2-4-16(6-5-15)8-11-10(12(17)18)7-13-9-14-11/h7,9H,2-6,8H2,1H3,(H,17,18). The topological polar surface area (TPSA) is 69.6 Å². The molecule has 2 rings (SSSR count). The number of aromatic nitrogens is 2. The Morgan fingerprint density at radius 2 is 2.22 bits per heavy atom. The van der Waals surface area contributed by atoms with Crippen molar-refractivity contribution in [3.8, 4) is 0 Å². The minimum atomic E-state index is -0.961. The highest BCUT2D eigenvalue weighted by Crippen LogP contribution is 2.10. The molecule has 1 saturated heterocycles. The first-order valence-corrected chi connectivity index (χ1v) is 6.10. The number of rotatable bonds is 3. The molecule has 0 radical (unpaired) electrons. The molecule has 98 valence electrons. The van der Waals surface area contributed by atoms with Gasteiger partial charge in [-0.2, -0.15) is 0 Å². The van der Waals surface area contributed by atoms with Gasteiger partial charge in [-0.1, -0.05) is 0 Å². The molecule has 0 spiro atoms. The zero-order valence-electron chi connectivity index (χ0n) is 10.5. The maximum absolute atomic E-state index is 11.1. The maximum atomic E-state index is 11.1. The molecule has 2 heterocycles. The fourth-order valence-corrected chi connectivity index (χ4v) is 2.13. The highest BCUT2D eigenvalue weighted by atomic mass is 16.4. The normalized spacial score (nSPS) is 18.5. The van der Waals surface area contributed by atoms with Gasteiger partial charge in [0.1, 0.15) is 11.9 Å². The Balaban J connectivity index is 2.06. The maximum Gasteiger partial charge on any atom is 0.339 e. The van der Waals surface area contributed by atoms with Gasteiger partial charge in [0.05, 0.1) is 5.69 Å². The molecule has 1 fully saturated rings. The Morgan fingerprint density at radius 1 is 1.39 bits per heavy atom. The van der Waals surface area contributed by atoms with E-state index >= 15 is 0 Å². The monoisotopic (exact) mass is 250 g/mol. The van der Waals surface area contributed by atoms with Crippen molar-refractivity contribution in [3.05, 3.63) is 23.8 Å². The summed E-state index contributed by atoms with van der Waals surface area (Å²) in [6.45, 7) is 4.60. The zero-order valence-corrected chi connectivity index (χ0v) is 10.5. The number of hydrogen-bond donors (Lipinski definition) is 1. The Labute approximate surface area is 106 Å². The van der Waals surface area contributed by atoms with Crippen LogP contribution in [0.3, 0.4) is 0 Å². The molecule has 0 unspecified atom stereocenters. The molecule has 0 saturated carbocycles. The van der Waals surface area contributed by atoms with Gasteiger partial charge in [0.25, 0.3) is 0 Å². The molecular formula is C12H18N4O2. The van der Waals surface area contributed by atoms with E-state index < -0.39 is 5.97 Å². The van der Waals surface area contributed by atoms with Crippen LogP contribution in [0.4, 0.5) is 0 Å². The number of carboxylic acid groups (broad SMARTS) is 1. The Morgan fingerprint density at radius 3 is 3.00 bits per heavy atom. The van der Waals surface area contributed by atoms with Gasteiger partial charge in [0, 0.05) is 25.8 Å². The van der Waals surface area contributed by atoms with Crippen molar-refractivity contribution >= 4 is 5.97 Å². The molecule has 6 heteroatoms. The molecule has 1 N–H and O–H groups in total. The van der Waals surface area contributed by atoms with E-state index in [0.29, 0.717) is 12.2 Å². The summed E-state index contributed by atoms with van der Waals surface area (Å²) in [4.78, 5) is 23.5. The summed E-state index contributed by atoms with van der Waals surface area (Å²) in [6, 6.07) is 0. The number of nitrogens with zero attached hydrogens (tertiary/aromatic N) is 4. The van der Waals surface area contributed by atoms with Gasteiger partial charge >= 0.3 is 5.97 Å². The van der Waals surface area contributed by atoms with Gasteiger partial charge in [-0.3, -0.25) is 4.90 Å². The van der Waals surface area contributed by atoms with Crippen LogP contribution < -0.4 is 0 Å². The van der Waals surface area contributed by atoms with Crippen molar-refractivity contribution in [1.29, 1.82) is 0 Å². The molecular weight excluding hydrogens is 232 g/mol.